The molecule has 21 heavy (non-hydrogen) atoms. The van der Waals surface area contributed by atoms with Crippen molar-refractivity contribution in [2.45, 2.75) is 65.6 Å². The first-order chi connectivity index (χ1) is 9.58. The van der Waals surface area contributed by atoms with Gasteiger partial charge in [0.25, 0.3) is 5.91 Å². The number of carbonyl (C=O) groups is 1. The Morgan fingerprint density at radius 3 is 2.52 bits per heavy atom. The highest BCUT2D eigenvalue weighted by Gasteiger charge is 2.21. The fraction of sp³-hybridized carbons (Fsp3) is 0.625. The molecular formula is C16H27N3O2. The highest BCUT2D eigenvalue weighted by molar-refractivity contribution is 5.81. The number of aryl methyl sites for hydroxylation is 1. The zero-order valence-corrected chi connectivity index (χ0v) is 13.9. The van der Waals surface area contributed by atoms with Crippen molar-refractivity contribution < 1.29 is 9.53 Å². The molecule has 5 heteroatoms. The number of hydrogen-bond donors (Lipinski definition) is 2. The molecule has 2 unspecified atom stereocenters. The molecule has 0 bridgehead atoms. The number of rotatable bonds is 5. The van der Waals surface area contributed by atoms with Crippen molar-refractivity contribution >= 4 is 5.91 Å². The van der Waals surface area contributed by atoms with Crippen LogP contribution in [0.5, 0.6) is 5.75 Å². The van der Waals surface area contributed by atoms with Gasteiger partial charge in [-0.15, -0.1) is 0 Å². The van der Waals surface area contributed by atoms with Crippen LogP contribution in [0.15, 0.2) is 12.1 Å². The maximum atomic E-state index is 12.1. The van der Waals surface area contributed by atoms with E-state index in [1.165, 1.54) is 0 Å². The Labute approximate surface area is 127 Å². The van der Waals surface area contributed by atoms with Crippen LogP contribution in [0.4, 0.5) is 0 Å². The van der Waals surface area contributed by atoms with Gasteiger partial charge in [0.1, 0.15) is 5.75 Å². The molecule has 5 nitrogen and oxygen atoms in total. The minimum Gasteiger partial charge on any atom is -0.479 e. The first-order valence-corrected chi connectivity index (χ1v) is 7.29. The summed E-state index contributed by atoms with van der Waals surface area (Å²) in [5.74, 6) is 0.476. The van der Waals surface area contributed by atoms with Gasteiger partial charge < -0.3 is 15.8 Å². The molecule has 0 saturated carbocycles. The van der Waals surface area contributed by atoms with E-state index in [0.717, 1.165) is 11.4 Å². The Morgan fingerprint density at radius 1 is 1.38 bits per heavy atom. The van der Waals surface area contributed by atoms with Crippen LogP contribution in [-0.2, 0) is 11.2 Å². The molecule has 2 atom stereocenters. The summed E-state index contributed by atoms with van der Waals surface area (Å²) in [4.78, 5) is 16.5. The third-order valence-corrected chi connectivity index (χ3v) is 2.76. The summed E-state index contributed by atoms with van der Waals surface area (Å²) in [6.07, 6.45) is 0.0329. The lowest BCUT2D eigenvalue weighted by Crippen LogP contribution is -2.46. The molecule has 1 aromatic heterocycles. The second kappa shape index (κ2) is 6.89. The van der Waals surface area contributed by atoms with Crippen LogP contribution in [0.2, 0.25) is 0 Å². The van der Waals surface area contributed by atoms with Crippen molar-refractivity contribution in [2.24, 2.45) is 5.73 Å². The highest BCUT2D eigenvalue weighted by atomic mass is 16.5. The van der Waals surface area contributed by atoms with E-state index in [1.54, 1.807) is 6.92 Å². The van der Waals surface area contributed by atoms with Crippen LogP contribution in [0.1, 0.15) is 46.0 Å². The third kappa shape index (κ3) is 6.12. The Bertz CT molecular complexity index is 493. The molecule has 1 amide bonds. The Hall–Kier alpha value is -1.62. The fourth-order valence-electron chi connectivity index (χ4n) is 1.87. The van der Waals surface area contributed by atoms with E-state index in [1.807, 2.05) is 46.8 Å². The van der Waals surface area contributed by atoms with E-state index in [-0.39, 0.29) is 17.5 Å². The average molecular weight is 293 g/mol. The lowest BCUT2D eigenvalue weighted by molar-refractivity contribution is -0.128. The molecule has 3 N–H and O–H groups in total. The molecule has 1 aromatic rings. The van der Waals surface area contributed by atoms with Gasteiger partial charge in [0.2, 0.25) is 0 Å². The van der Waals surface area contributed by atoms with Gasteiger partial charge in [-0.05, 0) is 53.7 Å². The lowest BCUT2D eigenvalue weighted by atomic mass is 10.1. The normalized spacial score (nSPS) is 14.4. The van der Waals surface area contributed by atoms with E-state index in [4.69, 9.17) is 10.5 Å². The SMILES string of the molecule is Cc1ccc(OC(C)C(=O)NC(C)(C)C)c(CC(C)N)n1. The summed E-state index contributed by atoms with van der Waals surface area (Å²) in [5.41, 5.74) is 7.26. The number of carbonyl (C=O) groups excluding carboxylic acids is 1. The number of nitrogens with zero attached hydrogens (tertiary/aromatic N) is 1. The van der Waals surface area contributed by atoms with E-state index in [0.29, 0.717) is 12.2 Å². The summed E-state index contributed by atoms with van der Waals surface area (Å²) >= 11 is 0. The average Bonchev–Trinajstić information content (AvgIpc) is 2.29. The van der Waals surface area contributed by atoms with Gasteiger partial charge in [0.05, 0.1) is 5.69 Å². The quantitative estimate of drug-likeness (QED) is 0.870. The summed E-state index contributed by atoms with van der Waals surface area (Å²) in [5, 5.41) is 2.90. The van der Waals surface area contributed by atoms with E-state index < -0.39 is 6.10 Å². The molecule has 0 aliphatic rings. The molecule has 0 radical (unpaired) electrons. The van der Waals surface area contributed by atoms with Crippen LogP contribution >= 0.6 is 0 Å². The van der Waals surface area contributed by atoms with Crippen molar-refractivity contribution in [3.05, 3.63) is 23.5 Å². The van der Waals surface area contributed by atoms with Crippen LogP contribution in [-0.4, -0.2) is 28.6 Å². The van der Waals surface area contributed by atoms with Crippen LogP contribution in [0.25, 0.3) is 0 Å². The van der Waals surface area contributed by atoms with E-state index in [2.05, 4.69) is 10.3 Å². The van der Waals surface area contributed by atoms with Gasteiger partial charge in [-0.1, -0.05) is 0 Å². The molecule has 0 aromatic carbocycles. The van der Waals surface area contributed by atoms with Gasteiger partial charge in [0.15, 0.2) is 6.10 Å². The lowest BCUT2D eigenvalue weighted by Gasteiger charge is -2.24. The first-order valence-electron chi connectivity index (χ1n) is 7.29. The van der Waals surface area contributed by atoms with Crippen molar-refractivity contribution in [1.82, 2.24) is 10.3 Å². The summed E-state index contributed by atoms with van der Waals surface area (Å²) < 4.78 is 5.78. The second-order valence-corrected chi connectivity index (χ2v) is 6.58. The zero-order chi connectivity index (χ0) is 16.2. The van der Waals surface area contributed by atoms with Crippen LogP contribution < -0.4 is 15.8 Å². The molecule has 118 valence electrons. The van der Waals surface area contributed by atoms with Gasteiger partial charge >= 0.3 is 0 Å². The van der Waals surface area contributed by atoms with Gasteiger partial charge in [-0.25, -0.2) is 0 Å². The van der Waals surface area contributed by atoms with E-state index >= 15 is 0 Å². The number of ether oxygens (including phenoxy) is 1. The number of nitrogens with two attached hydrogens (primary N) is 1. The number of nitrogens with one attached hydrogen (secondary N) is 1. The van der Waals surface area contributed by atoms with Gasteiger partial charge in [-0.2, -0.15) is 0 Å². The fourth-order valence-corrected chi connectivity index (χ4v) is 1.87. The molecule has 0 spiro atoms. The topological polar surface area (TPSA) is 77.2 Å². The Morgan fingerprint density at radius 2 is 2.00 bits per heavy atom. The van der Waals surface area contributed by atoms with Crippen molar-refractivity contribution in [3.63, 3.8) is 0 Å². The van der Waals surface area contributed by atoms with Crippen LogP contribution in [0, 0.1) is 6.92 Å². The van der Waals surface area contributed by atoms with Crippen molar-refractivity contribution in [3.8, 4) is 5.75 Å². The maximum absolute atomic E-state index is 12.1. The minimum atomic E-state index is -0.583. The molecule has 0 saturated heterocycles. The van der Waals surface area contributed by atoms with Crippen LogP contribution in [0.3, 0.4) is 0 Å². The Balaban J connectivity index is 2.84. The molecule has 0 aliphatic heterocycles. The summed E-state index contributed by atoms with van der Waals surface area (Å²) in [6, 6.07) is 3.70. The number of hydrogen-bond acceptors (Lipinski definition) is 4. The van der Waals surface area contributed by atoms with Gasteiger partial charge in [-0.3, -0.25) is 9.78 Å². The molecule has 1 rings (SSSR count). The highest BCUT2D eigenvalue weighted by Crippen LogP contribution is 2.20. The molecule has 1 heterocycles. The third-order valence-electron chi connectivity index (χ3n) is 2.76. The van der Waals surface area contributed by atoms with Crippen molar-refractivity contribution in [1.29, 1.82) is 0 Å². The predicted molar refractivity (Wildman–Crippen MR) is 84.3 cm³/mol. The predicted octanol–water partition coefficient (Wildman–Crippen LogP) is 1.96. The van der Waals surface area contributed by atoms with Gasteiger partial charge in [0, 0.05) is 23.7 Å². The Kier molecular flexibility index (Phi) is 5.72. The number of amides is 1. The van der Waals surface area contributed by atoms with E-state index in [9.17, 15) is 4.79 Å². The minimum absolute atomic E-state index is 0.0136. The monoisotopic (exact) mass is 293 g/mol. The summed E-state index contributed by atoms with van der Waals surface area (Å²) in [7, 11) is 0. The number of aromatic nitrogens is 1. The standard InChI is InChI=1S/C16H27N3O2/c1-10(17)9-13-14(8-7-11(2)18-13)21-12(3)15(20)19-16(4,5)6/h7-8,10,12H,9,17H2,1-6H3,(H,19,20). The smallest absolute Gasteiger partial charge is 0.261 e. The molecule has 0 aliphatic carbocycles. The maximum Gasteiger partial charge on any atom is 0.261 e. The zero-order valence-electron chi connectivity index (χ0n) is 13.9. The molecular weight excluding hydrogens is 266 g/mol. The largest absolute Gasteiger partial charge is 0.479 e. The second-order valence-electron chi connectivity index (χ2n) is 6.58. The summed E-state index contributed by atoms with van der Waals surface area (Å²) in [6.45, 7) is 11.4. The number of pyridine rings is 1. The van der Waals surface area contributed by atoms with Crippen molar-refractivity contribution in [2.75, 3.05) is 0 Å². The molecule has 0 fully saturated rings. The first kappa shape index (κ1) is 17.4.